The highest BCUT2D eigenvalue weighted by Crippen LogP contribution is 2.32. The van der Waals surface area contributed by atoms with E-state index in [9.17, 15) is 10.1 Å². The van der Waals surface area contributed by atoms with Crippen LogP contribution in [0.2, 0.25) is 0 Å². The molecule has 0 radical (unpaired) electrons. The van der Waals surface area contributed by atoms with E-state index in [-0.39, 0.29) is 5.69 Å². The predicted octanol–water partition coefficient (Wildman–Crippen LogP) is 7.82. The summed E-state index contributed by atoms with van der Waals surface area (Å²) in [5, 5.41) is 24.0. The minimum atomic E-state index is -0.412. The smallest absolute Gasteiger partial charge is 0.270 e. The van der Waals surface area contributed by atoms with E-state index in [0.717, 1.165) is 16.3 Å². The van der Waals surface area contributed by atoms with Crippen molar-refractivity contribution in [1.82, 2.24) is 10.2 Å². The van der Waals surface area contributed by atoms with E-state index in [1.807, 2.05) is 18.2 Å². The molecule has 1 aromatic heterocycles. The van der Waals surface area contributed by atoms with Crippen LogP contribution in [0, 0.1) is 10.1 Å². The average molecular weight is 497 g/mol. The topological polar surface area (TPSA) is 81.0 Å². The highest BCUT2D eigenvalue weighted by atomic mass is 32.2. The summed E-state index contributed by atoms with van der Waals surface area (Å²) in [6, 6.07) is 33.6. The first-order valence-corrected chi connectivity index (χ1v) is 12.7. The summed E-state index contributed by atoms with van der Waals surface area (Å²) < 4.78 is 0. The van der Waals surface area contributed by atoms with Gasteiger partial charge in [0.25, 0.3) is 5.69 Å². The summed E-state index contributed by atoms with van der Waals surface area (Å²) in [6.45, 7) is 0. The predicted molar refractivity (Wildman–Crippen MR) is 143 cm³/mol. The first-order chi connectivity index (χ1) is 17.1. The van der Waals surface area contributed by atoms with Crippen molar-refractivity contribution in [2.45, 2.75) is 10.6 Å². The third kappa shape index (κ3) is 5.74. The van der Waals surface area contributed by atoms with Crippen LogP contribution < -0.4 is 5.32 Å². The zero-order chi connectivity index (χ0) is 24.0. The fraction of sp³-hybridized carbons (Fsp3) is 0.0370. The number of rotatable bonds is 8. The molecule has 0 amide bonds. The molecule has 6 nitrogen and oxygen atoms in total. The van der Waals surface area contributed by atoms with Gasteiger partial charge in [-0.3, -0.25) is 10.1 Å². The Balaban J connectivity index is 1.22. The maximum absolute atomic E-state index is 11.0. The molecule has 172 valence electrons. The van der Waals surface area contributed by atoms with Crippen LogP contribution in [0.5, 0.6) is 0 Å². The number of benzene rings is 4. The minimum absolute atomic E-state index is 0.0339. The van der Waals surface area contributed by atoms with E-state index >= 15 is 0 Å². The molecule has 0 unspecified atom stereocenters. The number of nitro groups is 1. The number of nitrogens with zero attached hydrogens (tertiary/aromatic N) is 3. The van der Waals surface area contributed by atoms with Crippen molar-refractivity contribution < 1.29 is 4.92 Å². The Morgan fingerprint density at radius 1 is 0.800 bits per heavy atom. The van der Waals surface area contributed by atoms with Gasteiger partial charge in [0.1, 0.15) is 5.01 Å². The third-order valence-electron chi connectivity index (χ3n) is 5.28. The van der Waals surface area contributed by atoms with E-state index in [1.54, 1.807) is 23.9 Å². The zero-order valence-corrected chi connectivity index (χ0v) is 20.1. The molecular formula is C27H20N4O2S2. The molecule has 35 heavy (non-hydrogen) atoms. The second-order valence-electron chi connectivity index (χ2n) is 7.72. The molecular weight excluding hydrogens is 476 g/mol. The number of thioether (sulfide) groups is 1. The van der Waals surface area contributed by atoms with Crippen LogP contribution in [0.4, 0.5) is 16.5 Å². The average Bonchev–Trinajstić information content (AvgIpc) is 3.37. The molecule has 5 rings (SSSR count). The van der Waals surface area contributed by atoms with Gasteiger partial charge < -0.3 is 5.32 Å². The summed E-state index contributed by atoms with van der Waals surface area (Å²) in [6.07, 6.45) is 0. The molecule has 1 heterocycles. The molecule has 1 N–H and O–H groups in total. The van der Waals surface area contributed by atoms with Gasteiger partial charge in [0, 0.05) is 34.0 Å². The van der Waals surface area contributed by atoms with E-state index in [4.69, 9.17) is 0 Å². The normalized spacial score (nSPS) is 10.7. The Morgan fingerprint density at radius 3 is 2.34 bits per heavy atom. The van der Waals surface area contributed by atoms with Crippen LogP contribution in [0.25, 0.3) is 21.7 Å². The molecule has 0 aliphatic heterocycles. The Labute approximate surface area is 210 Å². The van der Waals surface area contributed by atoms with Crippen molar-refractivity contribution in [2.75, 3.05) is 5.32 Å². The highest BCUT2D eigenvalue weighted by Gasteiger charge is 2.12. The fourth-order valence-corrected chi connectivity index (χ4v) is 5.19. The van der Waals surface area contributed by atoms with Crippen molar-refractivity contribution in [3.63, 3.8) is 0 Å². The number of hydrogen-bond acceptors (Lipinski definition) is 7. The van der Waals surface area contributed by atoms with Gasteiger partial charge in [-0.25, -0.2) is 0 Å². The second-order valence-corrected chi connectivity index (χ2v) is 9.75. The van der Waals surface area contributed by atoms with Gasteiger partial charge in [0.2, 0.25) is 5.13 Å². The van der Waals surface area contributed by atoms with Gasteiger partial charge in [-0.2, -0.15) is 0 Å². The molecule has 0 aliphatic carbocycles. The van der Waals surface area contributed by atoms with Crippen LogP contribution in [-0.4, -0.2) is 15.1 Å². The SMILES string of the molecule is O=[N+]([O-])c1cccc(-c2nnc(Nc3cccc(SCc4ccc(-c5ccccc5)cc4)c3)s2)c1. The summed E-state index contributed by atoms with van der Waals surface area (Å²) in [5.74, 6) is 0.869. The summed E-state index contributed by atoms with van der Waals surface area (Å²) in [4.78, 5) is 11.8. The molecule has 0 atom stereocenters. The molecule has 0 saturated heterocycles. The Bertz CT molecular complexity index is 1450. The van der Waals surface area contributed by atoms with Gasteiger partial charge >= 0.3 is 0 Å². The van der Waals surface area contributed by atoms with Crippen LogP contribution in [-0.2, 0) is 5.75 Å². The van der Waals surface area contributed by atoms with E-state index in [0.29, 0.717) is 15.7 Å². The molecule has 0 fully saturated rings. The minimum Gasteiger partial charge on any atom is -0.330 e. The largest absolute Gasteiger partial charge is 0.330 e. The van der Waals surface area contributed by atoms with Crippen molar-refractivity contribution in [1.29, 1.82) is 0 Å². The Kier molecular flexibility index (Phi) is 6.83. The summed E-state index contributed by atoms with van der Waals surface area (Å²) in [5.41, 5.74) is 5.32. The molecule has 0 spiro atoms. The number of anilines is 2. The standard InChI is InChI=1S/C27H20N4O2S2/c32-31(33)24-10-4-8-22(16-24)26-29-30-27(35-26)28-23-9-5-11-25(17-23)34-18-19-12-14-21(15-13-19)20-6-2-1-3-7-20/h1-17H,18H2,(H,28,30). The Morgan fingerprint density at radius 2 is 1.54 bits per heavy atom. The maximum Gasteiger partial charge on any atom is 0.270 e. The van der Waals surface area contributed by atoms with Gasteiger partial charge in [-0.05, 0) is 34.9 Å². The van der Waals surface area contributed by atoms with E-state index < -0.39 is 4.92 Å². The molecule has 0 saturated carbocycles. The van der Waals surface area contributed by atoms with Gasteiger partial charge in [0.05, 0.1) is 4.92 Å². The number of nitro benzene ring substituents is 1. The second kappa shape index (κ2) is 10.5. The lowest BCUT2D eigenvalue weighted by Gasteiger charge is -2.07. The van der Waals surface area contributed by atoms with Crippen LogP contribution in [0.15, 0.2) is 108 Å². The summed E-state index contributed by atoms with van der Waals surface area (Å²) >= 11 is 3.12. The van der Waals surface area contributed by atoms with Crippen molar-refractivity contribution in [3.8, 4) is 21.7 Å². The highest BCUT2D eigenvalue weighted by molar-refractivity contribution is 7.98. The first kappa shape index (κ1) is 22.8. The molecule has 4 aromatic carbocycles. The van der Waals surface area contributed by atoms with E-state index in [2.05, 4.69) is 76.2 Å². The van der Waals surface area contributed by atoms with Crippen LogP contribution in [0.1, 0.15) is 5.56 Å². The number of nitrogens with one attached hydrogen (secondary N) is 1. The molecule has 5 aromatic rings. The molecule has 0 bridgehead atoms. The fourth-order valence-electron chi connectivity index (χ4n) is 3.52. The number of hydrogen-bond donors (Lipinski definition) is 1. The van der Waals surface area contributed by atoms with Crippen molar-refractivity contribution in [3.05, 3.63) is 119 Å². The van der Waals surface area contributed by atoms with Crippen molar-refractivity contribution in [2.24, 2.45) is 0 Å². The van der Waals surface area contributed by atoms with E-state index in [1.165, 1.54) is 40.2 Å². The van der Waals surface area contributed by atoms with Gasteiger partial charge in [-0.15, -0.1) is 22.0 Å². The Hall–Kier alpha value is -4.01. The van der Waals surface area contributed by atoms with Crippen LogP contribution in [0.3, 0.4) is 0 Å². The molecule has 8 heteroatoms. The molecule has 0 aliphatic rings. The quantitative estimate of drug-likeness (QED) is 0.134. The van der Waals surface area contributed by atoms with Gasteiger partial charge in [-0.1, -0.05) is 84.1 Å². The lowest BCUT2D eigenvalue weighted by atomic mass is 10.0. The van der Waals surface area contributed by atoms with Gasteiger partial charge in [0.15, 0.2) is 0 Å². The monoisotopic (exact) mass is 496 g/mol. The lowest BCUT2D eigenvalue weighted by molar-refractivity contribution is -0.384. The first-order valence-electron chi connectivity index (χ1n) is 10.9. The zero-order valence-electron chi connectivity index (χ0n) is 18.5. The summed E-state index contributed by atoms with van der Waals surface area (Å²) in [7, 11) is 0. The maximum atomic E-state index is 11.0. The van der Waals surface area contributed by atoms with Crippen LogP contribution >= 0.6 is 23.1 Å². The number of aromatic nitrogens is 2. The third-order valence-corrected chi connectivity index (χ3v) is 7.23. The van der Waals surface area contributed by atoms with Crippen molar-refractivity contribution >= 4 is 39.6 Å². The lowest BCUT2D eigenvalue weighted by Crippen LogP contribution is -1.89. The number of non-ortho nitro benzene ring substituents is 1.